The Hall–Kier alpha value is 0.439. The van der Waals surface area contributed by atoms with Crippen molar-refractivity contribution >= 4 is 52.7 Å². The van der Waals surface area contributed by atoms with E-state index in [2.05, 4.69) is 13.8 Å². The second-order valence-corrected chi connectivity index (χ2v) is 17.1. The van der Waals surface area contributed by atoms with E-state index in [-0.39, 0.29) is 11.9 Å². The molecule has 1 saturated heterocycles. The third-order valence-electron chi connectivity index (χ3n) is 3.28. The van der Waals surface area contributed by atoms with Gasteiger partial charge in [-0.05, 0) is 0 Å². The first-order valence-corrected chi connectivity index (χ1v) is 16.7. The van der Waals surface area contributed by atoms with Crippen LogP contribution in [0.3, 0.4) is 0 Å². The molecule has 0 saturated carbocycles. The molecular weight excluding hydrogens is 415 g/mol. The quantitative estimate of drug-likeness (QED) is 0.453. The Bertz CT molecular complexity index is 307. The minimum atomic E-state index is -3.59. The zero-order valence-corrected chi connectivity index (χ0v) is 17.5. The molecule has 1 aliphatic rings. The fourth-order valence-electron chi connectivity index (χ4n) is 2.13. The normalized spacial score (nSPS) is 20.3. The zero-order chi connectivity index (χ0) is 15.6. The van der Waals surface area contributed by atoms with Crippen molar-refractivity contribution in [2.45, 2.75) is 61.2 Å². The van der Waals surface area contributed by atoms with Crippen molar-refractivity contribution < 1.29 is 15.7 Å². The summed E-state index contributed by atoms with van der Waals surface area (Å²) in [5.74, 6) is 1.17. The summed E-state index contributed by atoms with van der Waals surface area (Å²) in [5.41, 5.74) is 0. The van der Waals surface area contributed by atoms with Crippen molar-refractivity contribution in [3.8, 4) is 0 Å². The molecule has 0 N–H and O–H groups in total. The summed E-state index contributed by atoms with van der Waals surface area (Å²) in [6.07, 6.45) is 4.86. The average molecular weight is 441 g/mol. The third kappa shape index (κ3) is 8.02. The van der Waals surface area contributed by atoms with Crippen LogP contribution in [0.15, 0.2) is 0 Å². The molecular formula is C14H26O4S2Sn. The van der Waals surface area contributed by atoms with E-state index in [1.54, 1.807) is 21.6 Å². The van der Waals surface area contributed by atoms with E-state index >= 15 is 0 Å². The van der Waals surface area contributed by atoms with Gasteiger partial charge in [0.2, 0.25) is 0 Å². The van der Waals surface area contributed by atoms with Crippen molar-refractivity contribution in [1.29, 1.82) is 0 Å². The summed E-state index contributed by atoms with van der Waals surface area (Å²) in [4.78, 5) is 24.2. The van der Waals surface area contributed by atoms with Gasteiger partial charge in [-0.15, -0.1) is 0 Å². The Morgan fingerprint density at radius 1 is 0.905 bits per heavy atom. The van der Waals surface area contributed by atoms with Crippen LogP contribution in [0.25, 0.3) is 0 Å². The maximum atomic E-state index is 12.1. The predicted molar refractivity (Wildman–Crippen MR) is 91.5 cm³/mol. The number of unbranched alkanes of at least 4 members (excludes halogenated alkanes) is 2. The molecule has 0 amide bonds. The van der Waals surface area contributed by atoms with Crippen LogP contribution in [-0.2, 0) is 15.7 Å². The number of carbonyl (C=O) groups excluding carboxylic acids is 2. The van der Waals surface area contributed by atoms with Crippen LogP contribution in [0.2, 0.25) is 8.87 Å². The van der Waals surface area contributed by atoms with Crippen molar-refractivity contribution in [3.05, 3.63) is 0 Å². The van der Waals surface area contributed by atoms with Gasteiger partial charge in [-0.1, -0.05) is 0 Å². The van der Waals surface area contributed by atoms with Crippen LogP contribution in [0.1, 0.15) is 52.4 Å². The Morgan fingerprint density at radius 3 is 1.71 bits per heavy atom. The molecule has 122 valence electrons. The van der Waals surface area contributed by atoms with E-state index in [9.17, 15) is 9.59 Å². The molecule has 1 rings (SSSR count). The molecule has 0 radical (unpaired) electrons. The number of carbonyl (C=O) groups is 2. The Labute approximate surface area is 140 Å². The molecule has 0 bridgehead atoms. The van der Waals surface area contributed by atoms with Crippen molar-refractivity contribution in [3.63, 3.8) is 0 Å². The van der Waals surface area contributed by atoms with Gasteiger partial charge in [-0.2, -0.15) is 0 Å². The molecule has 4 nitrogen and oxygen atoms in total. The summed E-state index contributed by atoms with van der Waals surface area (Å²) < 4.78 is 13.3. The van der Waals surface area contributed by atoms with Gasteiger partial charge in [0.05, 0.1) is 0 Å². The summed E-state index contributed by atoms with van der Waals surface area (Å²) in [6, 6.07) is 0. The minimum absolute atomic E-state index is 0.166. The number of hydrogen-bond acceptors (Lipinski definition) is 6. The van der Waals surface area contributed by atoms with E-state index in [4.69, 9.17) is 6.15 Å². The number of hydrogen-bond donors (Lipinski definition) is 0. The topological polar surface area (TPSA) is 52.6 Å². The van der Waals surface area contributed by atoms with Gasteiger partial charge in [-0.25, -0.2) is 0 Å². The molecule has 0 atom stereocenters. The van der Waals surface area contributed by atoms with Crippen molar-refractivity contribution in [1.82, 2.24) is 0 Å². The van der Waals surface area contributed by atoms with Crippen LogP contribution in [0.4, 0.5) is 0 Å². The van der Waals surface area contributed by atoms with Crippen LogP contribution in [0.5, 0.6) is 0 Å². The van der Waals surface area contributed by atoms with E-state index in [1.807, 2.05) is 0 Å². The standard InChI is InChI=1S/C6H10O4S2.2C4H9.Sn/c7-5(8)1-3-11-12-4-2-6(9)10;2*1-3-4-2;/h1-4H2,(H,7,8)(H,9,10);2*1,3-4H2,2H3;/q;;;+2/p-2. The summed E-state index contributed by atoms with van der Waals surface area (Å²) in [7, 11) is 3.27. The van der Waals surface area contributed by atoms with Gasteiger partial charge < -0.3 is 0 Å². The fourth-order valence-corrected chi connectivity index (χ4v) is 14.1. The summed E-state index contributed by atoms with van der Waals surface area (Å²) in [5, 5.41) is 0. The van der Waals surface area contributed by atoms with Crippen molar-refractivity contribution in [2.75, 3.05) is 11.5 Å². The molecule has 1 aliphatic heterocycles. The van der Waals surface area contributed by atoms with E-state index in [1.165, 1.54) is 0 Å². The second-order valence-electron chi connectivity index (χ2n) is 5.21. The Morgan fingerprint density at radius 2 is 1.33 bits per heavy atom. The molecule has 0 aliphatic carbocycles. The van der Waals surface area contributed by atoms with Crippen LogP contribution in [0, 0.1) is 0 Å². The average Bonchev–Trinajstić information content (AvgIpc) is 2.48. The van der Waals surface area contributed by atoms with Gasteiger partial charge in [0.25, 0.3) is 0 Å². The first kappa shape index (κ1) is 19.5. The summed E-state index contributed by atoms with van der Waals surface area (Å²) >= 11 is -3.59. The monoisotopic (exact) mass is 442 g/mol. The van der Waals surface area contributed by atoms with Gasteiger partial charge in [0.15, 0.2) is 0 Å². The first-order valence-electron chi connectivity index (χ1n) is 7.80. The van der Waals surface area contributed by atoms with E-state index in [0.717, 1.165) is 46.1 Å². The van der Waals surface area contributed by atoms with Gasteiger partial charge in [0, 0.05) is 0 Å². The Balaban J connectivity index is 2.85. The van der Waals surface area contributed by atoms with Crippen molar-refractivity contribution in [2.24, 2.45) is 0 Å². The van der Waals surface area contributed by atoms with Crippen LogP contribution in [-0.4, -0.2) is 42.6 Å². The van der Waals surface area contributed by atoms with Gasteiger partial charge >= 0.3 is 141 Å². The molecule has 1 heterocycles. The molecule has 0 aromatic carbocycles. The number of rotatable bonds is 6. The Kier molecular flexibility index (Phi) is 10.3. The third-order valence-corrected chi connectivity index (χ3v) is 15.5. The fraction of sp³-hybridized carbons (Fsp3) is 0.857. The van der Waals surface area contributed by atoms with E-state index < -0.39 is 19.2 Å². The van der Waals surface area contributed by atoms with E-state index in [0.29, 0.717) is 12.8 Å². The maximum absolute atomic E-state index is 12.1. The van der Waals surface area contributed by atoms with Crippen LogP contribution >= 0.6 is 21.6 Å². The van der Waals surface area contributed by atoms with Gasteiger partial charge in [0.1, 0.15) is 0 Å². The molecule has 7 heteroatoms. The molecule has 0 aromatic heterocycles. The predicted octanol–water partition coefficient (Wildman–Crippen LogP) is 4.29. The van der Waals surface area contributed by atoms with Crippen LogP contribution < -0.4 is 0 Å². The molecule has 0 aromatic rings. The molecule has 0 spiro atoms. The molecule has 1 fully saturated rings. The first-order chi connectivity index (χ1) is 10.1. The van der Waals surface area contributed by atoms with Gasteiger partial charge in [-0.3, -0.25) is 0 Å². The molecule has 21 heavy (non-hydrogen) atoms. The summed E-state index contributed by atoms with van der Waals surface area (Å²) in [6.45, 7) is 4.23. The molecule has 0 unspecified atom stereocenters. The zero-order valence-electron chi connectivity index (χ0n) is 13.0. The second kappa shape index (κ2) is 11.0. The SMILES string of the molecule is CCC[CH2][Sn]1([CH2]CCC)[O]C(=O)CCSSCCC(=O)[O]1.